The summed E-state index contributed by atoms with van der Waals surface area (Å²) in [5.74, 6) is 0.883. The zero-order valence-electron chi connectivity index (χ0n) is 14.3. The highest BCUT2D eigenvalue weighted by Gasteiger charge is 2.24. The van der Waals surface area contributed by atoms with Gasteiger partial charge in [0, 0.05) is 31.8 Å². The number of carbonyl (C=O) groups is 1. The molecule has 1 amide bonds. The van der Waals surface area contributed by atoms with Crippen molar-refractivity contribution in [3.05, 3.63) is 54.4 Å². The van der Waals surface area contributed by atoms with E-state index in [1.165, 1.54) is 0 Å². The number of benzene rings is 1. The average molecular weight is 322 g/mol. The second kappa shape index (κ2) is 6.83. The van der Waals surface area contributed by atoms with E-state index in [0.717, 1.165) is 23.5 Å². The molecular formula is C19H22N4O. The lowest BCUT2D eigenvalue weighted by Crippen LogP contribution is -2.35. The summed E-state index contributed by atoms with van der Waals surface area (Å²) in [6.07, 6.45) is 8.57. The Labute approximate surface area is 142 Å². The Morgan fingerprint density at radius 3 is 2.67 bits per heavy atom. The van der Waals surface area contributed by atoms with Gasteiger partial charge in [0.05, 0.1) is 24.1 Å². The molecule has 124 valence electrons. The lowest BCUT2D eigenvalue weighted by Gasteiger charge is -2.23. The van der Waals surface area contributed by atoms with Crippen molar-refractivity contribution in [3.63, 3.8) is 0 Å². The normalized spacial score (nSPS) is 16.5. The van der Waals surface area contributed by atoms with Crippen molar-refractivity contribution < 1.29 is 4.79 Å². The van der Waals surface area contributed by atoms with Gasteiger partial charge in [0.15, 0.2) is 0 Å². The van der Waals surface area contributed by atoms with E-state index in [2.05, 4.69) is 29.0 Å². The van der Waals surface area contributed by atoms with Crippen LogP contribution in [0.3, 0.4) is 0 Å². The molecule has 0 saturated heterocycles. The SMILES string of the molecule is CC[C@@H]1C=CCN1C(=O)c1ccc(-c2cncc(N(C)C)n2)cc1. The molecule has 1 aromatic heterocycles. The standard InChI is InChI=1S/C19H22N4O/c1-4-16-6-5-11-23(16)19(24)15-9-7-14(8-10-15)17-12-20-13-18(21-17)22(2)3/h5-10,12-13,16H,4,11H2,1-3H3/t16-/m1/s1. The van der Waals surface area contributed by atoms with Crippen molar-refractivity contribution in [2.45, 2.75) is 19.4 Å². The van der Waals surface area contributed by atoms with Gasteiger partial charge in [-0.2, -0.15) is 0 Å². The molecule has 0 N–H and O–H groups in total. The molecule has 1 aromatic carbocycles. The Kier molecular flexibility index (Phi) is 4.60. The molecule has 1 atom stereocenters. The minimum atomic E-state index is 0.0755. The topological polar surface area (TPSA) is 49.3 Å². The fourth-order valence-corrected chi connectivity index (χ4v) is 2.82. The van der Waals surface area contributed by atoms with Gasteiger partial charge in [-0.1, -0.05) is 31.2 Å². The van der Waals surface area contributed by atoms with Crippen molar-refractivity contribution in [3.8, 4) is 11.3 Å². The summed E-state index contributed by atoms with van der Waals surface area (Å²) in [4.78, 5) is 25.3. The van der Waals surface area contributed by atoms with Crippen LogP contribution in [-0.2, 0) is 0 Å². The number of anilines is 1. The summed E-state index contributed by atoms with van der Waals surface area (Å²) >= 11 is 0. The lowest BCUT2D eigenvalue weighted by atomic mass is 10.1. The van der Waals surface area contributed by atoms with Crippen LogP contribution in [0.4, 0.5) is 5.82 Å². The molecule has 1 aliphatic heterocycles. The highest BCUT2D eigenvalue weighted by molar-refractivity contribution is 5.95. The summed E-state index contributed by atoms with van der Waals surface area (Å²) in [5, 5.41) is 0. The Morgan fingerprint density at radius 1 is 1.25 bits per heavy atom. The van der Waals surface area contributed by atoms with Crippen LogP contribution >= 0.6 is 0 Å². The van der Waals surface area contributed by atoms with Gasteiger partial charge in [0.2, 0.25) is 0 Å². The third-order valence-corrected chi connectivity index (χ3v) is 4.25. The fraction of sp³-hybridized carbons (Fsp3) is 0.316. The van der Waals surface area contributed by atoms with Crippen molar-refractivity contribution in [1.82, 2.24) is 14.9 Å². The molecule has 2 heterocycles. The highest BCUT2D eigenvalue weighted by atomic mass is 16.2. The minimum absolute atomic E-state index is 0.0755. The Bertz CT molecular complexity index is 752. The first kappa shape index (κ1) is 16.2. The van der Waals surface area contributed by atoms with E-state index in [1.807, 2.05) is 48.2 Å². The maximum atomic E-state index is 12.7. The third-order valence-electron chi connectivity index (χ3n) is 4.25. The maximum Gasteiger partial charge on any atom is 0.254 e. The summed E-state index contributed by atoms with van der Waals surface area (Å²) in [5.41, 5.74) is 2.46. The number of amides is 1. The predicted molar refractivity (Wildman–Crippen MR) is 96.1 cm³/mol. The summed E-state index contributed by atoms with van der Waals surface area (Å²) in [7, 11) is 3.87. The van der Waals surface area contributed by atoms with Gasteiger partial charge in [-0.3, -0.25) is 9.78 Å². The van der Waals surface area contributed by atoms with Crippen LogP contribution in [-0.4, -0.2) is 47.5 Å². The van der Waals surface area contributed by atoms with Gasteiger partial charge in [-0.05, 0) is 18.6 Å². The number of rotatable bonds is 4. The van der Waals surface area contributed by atoms with E-state index in [4.69, 9.17) is 0 Å². The van der Waals surface area contributed by atoms with E-state index in [-0.39, 0.29) is 11.9 Å². The van der Waals surface area contributed by atoms with Crippen LogP contribution in [0, 0.1) is 0 Å². The largest absolute Gasteiger partial charge is 0.361 e. The number of hydrogen-bond acceptors (Lipinski definition) is 4. The summed E-state index contributed by atoms with van der Waals surface area (Å²) in [6.45, 7) is 2.79. The van der Waals surface area contributed by atoms with Crippen LogP contribution < -0.4 is 4.90 Å². The molecule has 0 aliphatic carbocycles. The van der Waals surface area contributed by atoms with Crippen molar-refractivity contribution >= 4 is 11.7 Å². The second-order valence-corrected chi connectivity index (χ2v) is 6.10. The van der Waals surface area contributed by atoms with Crippen molar-refractivity contribution in [2.24, 2.45) is 0 Å². The number of hydrogen-bond donors (Lipinski definition) is 0. The number of carbonyl (C=O) groups excluding carboxylic acids is 1. The Morgan fingerprint density at radius 2 is 2.00 bits per heavy atom. The van der Waals surface area contributed by atoms with Crippen molar-refractivity contribution in [2.75, 3.05) is 25.5 Å². The molecule has 24 heavy (non-hydrogen) atoms. The summed E-state index contributed by atoms with van der Waals surface area (Å²) in [6, 6.07) is 7.81. The first-order valence-corrected chi connectivity index (χ1v) is 8.17. The van der Waals surface area contributed by atoms with E-state index in [9.17, 15) is 4.79 Å². The maximum absolute atomic E-state index is 12.7. The molecule has 5 heteroatoms. The molecule has 1 aliphatic rings. The molecule has 3 rings (SSSR count). The van der Waals surface area contributed by atoms with Gasteiger partial charge < -0.3 is 9.80 Å². The fourth-order valence-electron chi connectivity index (χ4n) is 2.82. The third kappa shape index (κ3) is 3.15. The molecule has 0 bridgehead atoms. The molecule has 0 saturated carbocycles. The van der Waals surface area contributed by atoms with Crippen LogP contribution in [0.2, 0.25) is 0 Å². The molecule has 5 nitrogen and oxygen atoms in total. The Balaban J connectivity index is 1.81. The molecule has 0 spiro atoms. The van der Waals surface area contributed by atoms with Crippen LogP contribution in [0.15, 0.2) is 48.8 Å². The predicted octanol–water partition coefficient (Wildman–Crippen LogP) is 3.00. The van der Waals surface area contributed by atoms with E-state index in [0.29, 0.717) is 12.1 Å². The second-order valence-electron chi connectivity index (χ2n) is 6.10. The average Bonchev–Trinajstić information content (AvgIpc) is 3.10. The first-order valence-electron chi connectivity index (χ1n) is 8.17. The monoisotopic (exact) mass is 322 g/mol. The van der Waals surface area contributed by atoms with Gasteiger partial charge in [0.1, 0.15) is 5.82 Å². The minimum Gasteiger partial charge on any atom is -0.361 e. The zero-order chi connectivity index (χ0) is 17.1. The number of nitrogens with zero attached hydrogens (tertiary/aromatic N) is 4. The van der Waals surface area contributed by atoms with Crippen LogP contribution in [0.25, 0.3) is 11.3 Å². The Hall–Kier alpha value is -2.69. The lowest BCUT2D eigenvalue weighted by molar-refractivity contribution is 0.0747. The van der Waals surface area contributed by atoms with Crippen LogP contribution in [0.5, 0.6) is 0 Å². The van der Waals surface area contributed by atoms with E-state index < -0.39 is 0 Å². The van der Waals surface area contributed by atoms with Gasteiger partial charge >= 0.3 is 0 Å². The molecule has 0 radical (unpaired) electrons. The zero-order valence-corrected chi connectivity index (χ0v) is 14.3. The van der Waals surface area contributed by atoms with Crippen LogP contribution in [0.1, 0.15) is 23.7 Å². The molecule has 2 aromatic rings. The highest BCUT2D eigenvalue weighted by Crippen LogP contribution is 2.21. The van der Waals surface area contributed by atoms with Gasteiger partial charge in [0.25, 0.3) is 5.91 Å². The van der Waals surface area contributed by atoms with Gasteiger partial charge in [-0.15, -0.1) is 0 Å². The van der Waals surface area contributed by atoms with Crippen molar-refractivity contribution in [1.29, 1.82) is 0 Å². The smallest absolute Gasteiger partial charge is 0.254 e. The molecule has 0 unspecified atom stereocenters. The summed E-state index contributed by atoms with van der Waals surface area (Å²) < 4.78 is 0. The van der Waals surface area contributed by atoms with Gasteiger partial charge in [-0.25, -0.2) is 4.98 Å². The number of aromatic nitrogens is 2. The van der Waals surface area contributed by atoms with E-state index in [1.54, 1.807) is 12.4 Å². The molecular weight excluding hydrogens is 300 g/mol. The molecule has 0 fully saturated rings. The quantitative estimate of drug-likeness (QED) is 0.812. The first-order chi connectivity index (χ1) is 11.6. The van der Waals surface area contributed by atoms with E-state index >= 15 is 0 Å².